The number of rotatable bonds is 5. The first kappa shape index (κ1) is 23.4. The fraction of sp³-hybridized carbons (Fsp3) is 0.269. The molecule has 3 aromatic rings. The van der Waals surface area contributed by atoms with Crippen LogP contribution in [0, 0.1) is 13.8 Å². The van der Waals surface area contributed by atoms with E-state index < -0.39 is 5.97 Å². The number of methoxy groups -OCH3 is 1. The highest BCUT2D eigenvalue weighted by atomic mass is 32.2. The van der Waals surface area contributed by atoms with Crippen LogP contribution >= 0.6 is 23.1 Å². The van der Waals surface area contributed by atoms with E-state index >= 15 is 0 Å². The highest BCUT2D eigenvalue weighted by Gasteiger charge is 2.28. The van der Waals surface area contributed by atoms with Crippen LogP contribution in [0.1, 0.15) is 50.6 Å². The van der Waals surface area contributed by atoms with Crippen LogP contribution in [-0.4, -0.2) is 33.8 Å². The number of carbonyl (C=O) groups excluding carboxylic acids is 1. The van der Waals surface area contributed by atoms with E-state index in [1.807, 2.05) is 54.8 Å². The van der Waals surface area contributed by atoms with Crippen LogP contribution in [0.15, 0.2) is 40.2 Å². The van der Waals surface area contributed by atoms with Gasteiger partial charge in [0.2, 0.25) is 0 Å². The third-order valence-electron chi connectivity index (χ3n) is 6.28. The molecule has 2 aromatic heterocycles. The normalized spacial score (nSPS) is 17.6. The first-order valence-electron chi connectivity index (χ1n) is 11.4. The molecule has 1 fully saturated rings. The van der Waals surface area contributed by atoms with Crippen molar-refractivity contribution in [1.29, 1.82) is 0 Å². The van der Waals surface area contributed by atoms with Gasteiger partial charge in [0, 0.05) is 16.3 Å². The summed E-state index contributed by atoms with van der Waals surface area (Å²) in [5.74, 6) is -0.340. The van der Waals surface area contributed by atoms with Crippen LogP contribution in [0.4, 0.5) is 5.69 Å². The number of nitrogens with zero attached hydrogens (tertiary/aromatic N) is 2. The standard InChI is InChI=1S/C26H25N3O4S2/c1-14-12-16(13-21-23(30)28-26(35-21)27-17-8-10-18(33-3)11-9-17)15(2)29(14)24-22(25(31)32)19-6-4-5-7-20(19)34-24/h8-13H,4-7H2,1-3H3,(H,31,32)(H,27,28,30)/b21-13-. The third kappa shape index (κ3) is 4.41. The Morgan fingerprint density at radius 3 is 2.66 bits per heavy atom. The molecule has 0 unspecified atom stereocenters. The summed E-state index contributed by atoms with van der Waals surface area (Å²) >= 11 is 2.87. The molecule has 1 amide bonds. The van der Waals surface area contributed by atoms with Crippen LogP contribution in [-0.2, 0) is 17.6 Å². The number of hydrogen-bond donors (Lipinski definition) is 2. The minimum absolute atomic E-state index is 0.204. The summed E-state index contributed by atoms with van der Waals surface area (Å²) in [5.41, 5.74) is 4.86. The van der Waals surface area contributed by atoms with E-state index in [2.05, 4.69) is 10.3 Å². The minimum Gasteiger partial charge on any atom is -0.497 e. The lowest BCUT2D eigenvalue weighted by Gasteiger charge is -2.11. The molecule has 0 saturated carbocycles. The number of aryl methyl sites for hydroxylation is 2. The summed E-state index contributed by atoms with van der Waals surface area (Å²) in [6.45, 7) is 3.94. The fourth-order valence-corrected chi connectivity index (χ4v) is 6.90. The van der Waals surface area contributed by atoms with Gasteiger partial charge >= 0.3 is 5.97 Å². The molecule has 2 N–H and O–H groups in total. The number of thioether (sulfide) groups is 1. The van der Waals surface area contributed by atoms with E-state index in [1.54, 1.807) is 18.4 Å². The van der Waals surface area contributed by atoms with Crippen LogP contribution in [0.3, 0.4) is 0 Å². The zero-order chi connectivity index (χ0) is 24.7. The van der Waals surface area contributed by atoms with E-state index in [4.69, 9.17) is 4.74 Å². The van der Waals surface area contributed by atoms with Gasteiger partial charge in [0.15, 0.2) is 5.17 Å². The largest absolute Gasteiger partial charge is 0.497 e. The van der Waals surface area contributed by atoms with E-state index in [0.717, 1.165) is 64.6 Å². The number of carboxylic acid groups (broad SMARTS) is 1. The SMILES string of the molecule is COc1ccc(N=C2NC(=O)/C(=C/c3cc(C)n(-c4sc5c(c4C(=O)O)CCCC5)c3C)S2)cc1. The number of carboxylic acids is 1. The van der Waals surface area contributed by atoms with Gasteiger partial charge in [0.05, 0.1) is 23.3 Å². The maximum absolute atomic E-state index is 12.6. The first-order valence-corrected chi connectivity index (χ1v) is 13.0. The Hall–Kier alpha value is -3.30. The van der Waals surface area contributed by atoms with Crippen molar-refractivity contribution < 1.29 is 19.4 Å². The van der Waals surface area contributed by atoms with Crippen molar-refractivity contribution >= 4 is 51.9 Å². The fourth-order valence-electron chi connectivity index (χ4n) is 4.57. The molecule has 0 radical (unpaired) electrons. The molecule has 35 heavy (non-hydrogen) atoms. The van der Waals surface area contributed by atoms with Gasteiger partial charge in [-0.2, -0.15) is 0 Å². The second-order valence-corrected chi connectivity index (χ2v) is 10.7. The van der Waals surface area contributed by atoms with E-state index in [1.165, 1.54) is 16.6 Å². The Morgan fingerprint density at radius 2 is 1.94 bits per heavy atom. The Morgan fingerprint density at radius 1 is 1.20 bits per heavy atom. The van der Waals surface area contributed by atoms with Gasteiger partial charge in [-0.05, 0) is 98.8 Å². The Balaban J connectivity index is 1.47. The van der Waals surface area contributed by atoms with Gasteiger partial charge in [-0.25, -0.2) is 9.79 Å². The maximum Gasteiger partial charge on any atom is 0.339 e. The molecule has 1 saturated heterocycles. The summed E-state index contributed by atoms with van der Waals surface area (Å²) in [5, 5.41) is 14.1. The van der Waals surface area contributed by atoms with Crippen molar-refractivity contribution in [3.05, 3.63) is 68.2 Å². The molecular weight excluding hydrogens is 482 g/mol. The van der Waals surface area contributed by atoms with Crippen LogP contribution < -0.4 is 10.1 Å². The summed E-state index contributed by atoms with van der Waals surface area (Å²) < 4.78 is 7.19. The van der Waals surface area contributed by atoms with Crippen LogP contribution in [0.2, 0.25) is 0 Å². The number of aromatic carboxylic acids is 1. The number of benzene rings is 1. The van der Waals surface area contributed by atoms with Crippen molar-refractivity contribution in [3.8, 4) is 10.8 Å². The number of fused-ring (bicyclic) bond motifs is 1. The molecule has 0 bridgehead atoms. The molecule has 2 aliphatic rings. The van der Waals surface area contributed by atoms with E-state index in [-0.39, 0.29) is 5.91 Å². The molecule has 5 rings (SSSR count). The van der Waals surface area contributed by atoms with Crippen molar-refractivity contribution in [1.82, 2.24) is 9.88 Å². The van der Waals surface area contributed by atoms with Gasteiger partial charge in [0.1, 0.15) is 10.8 Å². The molecule has 180 valence electrons. The quantitative estimate of drug-likeness (QED) is 0.437. The van der Waals surface area contributed by atoms with Crippen molar-refractivity contribution in [3.63, 3.8) is 0 Å². The molecule has 1 aliphatic heterocycles. The lowest BCUT2D eigenvalue weighted by molar-refractivity contribution is -0.115. The minimum atomic E-state index is -0.878. The monoisotopic (exact) mass is 507 g/mol. The lowest BCUT2D eigenvalue weighted by Crippen LogP contribution is -2.19. The molecular formula is C26H25N3O4S2. The Labute approximate surface area is 211 Å². The molecule has 7 nitrogen and oxygen atoms in total. The van der Waals surface area contributed by atoms with Gasteiger partial charge in [-0.15, -0.1) is 11.3 Å². The number of amidine groups is 1. The van der Waals surface area contributed by atoms with Crippen molar-refractivity contribution in [2.75, 3.05) is 7.11 Å². The number of carbonyl (C=O) groups is 2. The number of aromatic nitrogens is 1. The highest BCUT2D eigenvalue weighted by Crippen LogP contribution is 2.39. The second-order valence-electron chi connectivity index (χ2n) is 8.54. The smallest absolute Gasteiger partial charge is 0.339 e. The van der Waals surface area contributed by atoms with Crippen molar-refractivity contribution in [2.45, 2.75) is 39.5 Å². The molecule has 0 atom stereocenters. The topological polar surface area (TPSA) is 92.9 Å². The zero-order valence-corrected chi connectivity index (χ0v) is 21.3. The van der Waals surface area contributed by atoms with Crippen molar-refractivity contribution in [2.24, 2.45) is 4.99 Å². The molecule has 1 aliphatic carbocycles. The van der Waals surface area contributed by atoms with Gasteiger partial charge in [-0.3, -0.25) is 4.79 Å². The molecule has 9 heteroatoms. The zero-order valence-electron chi connectivity index (χ0n) is 19.7. The number of aliphatic imine (C=N–C) groups is 1. The van der Waals surface area contributed by atoms with Gasteiger partial charge in [-0.1, -0.05) is 0 Å². The van der Waals surface area contributed by atoms with Crippen LogP contribution in [0.5, 0.6) is 5.75 Å². The van der Waals surface area contributed by atoms with Gasteiger partial charge < -0.3 is 19.7 Å². The number of ether oxygens (including phenoxy) is 1. The van der Waals surface area contributed by atoms with E-state index in [9.17, 15) is 14.7 Å². The molecule has 1 aromatic carbocycles. The highest BCUT2D eigenvalue weighted by molar-refractivity contribution is 8.18. The summed E-state index contributed by atoms with van der Waals surface area (Å²) in [7, 11) is 1.61. The second kappa shape index (κ2) is 9.39. The predicted octanol–water partition coefficient (Wildman–Crippen LogP) is 5.63. The molecule has 0 spiro atoms. The van der Waals surface area contributed by atoms with E-state index in [0.29, 0.717) is 15.6 Å². The Kier molecular flexibility index (Phi) is 6.29. The average Bonchev–Trinajstić information content (AvgIpc) is 3.47. The number of hydrogen-bond acceptors (Lipinski definition) is 6. The Bertz CT molecular complexity index is 1400. The average molecular weight is 508 g/mol. The predicted molar refractivity (Wildman–Crippen MR) is 141 cm³/mol. The number of amides is 1. The first-order chi connectivity index (χ1) is 16.9. The number of thiophene rings is 1. The lowest BCUT2D eigenvalue weighted by atomic mass is 9.95. The van der Waals surface area contributed by atoms with Crippen LogP contribution in [0.25, 0.3) is 11.1 Å². The summed E-state index contributed by atoms with van der Waals surface area (Å²) in [4.78, 5) is 31.1. The maximum atomic E-state index is 12.6. The molecule has 3 heterocycles. The number of nitrogens with one attached hydrogen (secondary N) is 1. The summed E-state index contributed by atoms with van der Waals surface area (Å²) in [6, 6.07) is 9.29. The van der Waals surface area contributed by atoms with Gasteiger partial charge in [0.25, 0.3) is 5.91 Å². The third-order valence-corrected chi connectivity index (χ3v) is 8.47. The summed E-state index contributed by atoms with van der Waals surface area (Å²) in [6.07, 6.45) is 5.72.